The lowest BCUT2D eigenvalue weighted by Gasteiger charge is -2.38. The Labute approximate surface area is 129 Å². The molecular weight excluding hydrogens is 340 g/mol. The van der Waals surface area contributed by atoms with Crippen LogP contribution in [0.2, 0.25) is 0 Å². The van der Waals surface area contributed by atoms with Crippen LogP contribution in [0.15, 0.2) is 22.9 Å². The lowest BCUT2D eigenvalue weighted by Crippen LogP contribution is -2.59. The topological polar surface area (TPSA) is 91.4 Å². The van der Waals surface area contributed by atoms with Gasteiger partial charge in [0.2, 0.25) is 0 Å². The highest BCUT2D eigenvalue weighted by Crippen LogP contribution is 2.25. The van der Waals surface area contributed by atoms with Crippen LogP contribution in [-0.4, -0.2) is 46.4 Å². The molecule has 110 valence electrons. The van der Waals surface area contributed by atoms with E-state index in [1.165, 1.54) is 6.20 Å². The molecule has 0 aromatic carbocycles. The quantitative estimate of drug-likeness (QED) is 0.726. The molecule has 21 heavy (non-hydrogen) atoms. The van der Waals surface area contributed by atoms with E-state index in [-0.39, 0.29) is 18.4 Å². The van der Waals surface area contributed by atoms with Gasteiger partial charge in [-0.1, -0.05) is 0 Å². The molecule has 2 aliphatic rings. The molecule has 1 spiro atoms. The van der Waals surface area contributed by atoms with Crippen LogP contribution in [0, 0.1) is 0 Å². The van der Waals surface area contributed by atoms with E-state index in [4.69, 9.17) is 0 Å². The Morgan fingerprint density at radius 1 is 1.38 bits per heavy atom. The summed E-state index contributed by atoms with van der Waals surface area (Å²) in [6, 6.07) is 1.18. The second kappa shape index (κ2) is 5.10. The number of halogens is 1. The largest absolute Gasteiger partial charge is 0.336 e. The predicted molar refractivity (Wildman–Crippen MR) is 76.5 cm³/mol. The Bertz CT molecular complexity index is 636. The first-order valence-electron chi connectivity index (χ1n) is 6.54. The molecule has 1 atom stereocenters. The van der Waals surface area contributed by atoms with Crippen molar-refractivity contribution >= 4 is 33.8 Å². The molecule has 2 aliphatic heterocycles. The Balaban J connectivity index is 1.82. The van der Waals surface area contributed by atoms with Crippen molar-refractivity contribution in [2.45, 2.75) is 18.4 Å². The van der Waals surface area contributed by atoms with Gasteiger partial charge in [0.05, 0.1) is 12.1 Å². The van der Waals surface area contributed by atoms with Crippen LogP contribution in [0.5, 0.6) is 0 Å². The molecule has 1 aromatic heterocycles. The van der Waals surface area contributed by atoms with Gasteiger partial charge in [-0.3, -0.25) is 19.9 Å². The van der Waals surface area contributed by atoms with Crippen molar-refractivity contribution in [3.63, 3.8) is 0 Å². The van der Waals surface area contributed by atoms with Gasteiger partial charge in [-0.05, 0) is 34.8 Å². The fourth-order valence-electron chi connectivity index (χ4n) is 2.76. The molecule has 4 amide bonds. The number of carbonyl (C=O) groups is 3. The zero-order valence-corrected chi connectivity index (χ0v) is 12.6. The Kier molecular flexibility index (Phi) is 3.40. The van der Waals surface area contributed by atoms with Crippen molar-refractivity contribution in [2.75, 3.05) is 13.1 Å². The lowest BCUT2D eigenvalue weighted by molar-refractivity contribution is -0.125. The minimum Gasteiger partial charge on any atom is -0.336 e. The van der Waals surface area contributed by atoms with E-state index in [0.717, 1.165) is 0 Å². The summed E-state index contributed by atoms with van der Waals surface area (Å²) in [6.07, 6.45) is 4.27. The molecule has 7 nitrogen and oxygen atoms in total. The van der Waals surface area contributed by atoms with Gasteiger partial charge in [0.15, 0.2) is 0 Å². The molecule has 8 heteroatoms. The zero-order chi connectivity index (χ0) is 15.0. The molecule has 3 rings (SSSR count). The molecule has 0 radical (unpaired) electrons. The Morgan fingerprint density at radius 3 is 2.86 bits per heavy atom. The third-order valence-electron chi connectivity index (χ3n) is 3.75. The summed E-state index contributed by atoms with van der Waals surface area (Å²) in [7, 11) is 0. The second-order valence-corrected chi connectivity index (χ2v) is 6.13. The van der Waals surface area contributed by atoms with Crippen molar-refractivity contribution in [3.8, 4) is 0 Å². The maximum Gasteiger partial charge on any atom is 0.322 e. The number of nitrogens with one attached hydrogen (secondary N) is 2. The number of piperidine rings is 1. The van der Waals surface area contributed by atoms with Gasteiger partial charge in [-0.15, -0.1) is 0 Å². The van der Waals surface area contributed by atoms with Gasteiger partial charge in [0, 0.05) is 23.4 Å². The first kappa shape index (κ1) is 14.0. The number of likely N-dealkylation sites (tertiary alicyclic amines) is 1. The average Bonchev–Trinajstić information content (AvgIpc) is 2.72. The number of imide groups is 1. The van der Waals surface area contributed by atoms with E-state index in [1.807, 2.05) is 0 Å². The molecule has 0 aliphatic carbocycles. The van der Waals surface area contributed by atoms with Crippen LogP contribution >= 0.6 is 15.9 Å². The van der Waals surface area contributed by atoms with Crippen molar-refractivity contribution in [3.05, 3.63) is 28.5 Å². The van der Waals surface area contributed by atoms with Gasteiger partial charge in [-0.25, -0.2) is 4.79 Å². The molecule has 3 heterocycles. The molecule has 0 saturated carbocycles. The minimum absolute atomic E-state index is 0.177. The summed E-state index contributed by atoms with van der Waals surface area (Å²) in [5.41, 5.74) is -0.545. The van der Waals surface area contributed by atoms with E-state index >= 15 is 0 Å². The van der Waals surface area contributed by atoms with Crippen LogP contribution < -0.4 is 10.6 Å². The first-order chi connectivity index (χ1) is 10.00. The number of amides is 4. The highest BCUT2D eigenvalue weighted by atomic mass is 79.9. The number of carbonyl (C=O) groups excluding carboxylic acids is 3. The van der Waals surface area contributed by atoms with Gasteiger partial charge in [-0.2, -0.15) is 0 Å². The second-order valence-electron chi connectivity index (χ2n) is 5.21. The third-order valence-corrected chi connectivity index (χ3v) is 4.18. The summed E-state index contributed by atoms with van der Waals surface area (Å²) < 4.78 is 0.715. The third kappa shape index (κ3) is 2.51. The maximum absolute atomic E-state index is 12.5. The molecule has 2 N–H and O–H groups in total. The Morgan fingerprint density at radius 2 is 2.19 bits per heavy atom. The minimum atomic E-state index is -0.996. The van der Waals surface area contributed by atoms with Crippen molar-refractivity contribution < 1.29 is 14.4 Å². The number of hydrogen-bond acceptors (Lipinski definition) is 4. The summed E-state index contributed by atoms with van der Waals surface area (Å²) >= 11 is 3.28. The Hall–Kier alpha value is -1.96. The molecule has 0 bridgehead atoms. The van der Waals surface area contributed by atoms with Crippen LogP contribution in [0.1, 0.15) is 23.2 Å². The maximum atomic E-state index is 12.5. The standard InChI is InChI=1S/C13H13BrN4O3/c14-9-4-8(5-15-6-9)10(19)18-3-1-2-13(7-18)11(20)16-12(21)17-13/h4-6H,1-3,7H2,(H2,16,17,20,21)/t13-/m0/s1. The van der Waals surface area contributed by atoms with Crippen molar-refractivity contribution in [1.29, 1.82) is 0 Å². The molecule has 0 unspecified atom stereocenters. The smallest absolute Gasteiger partial charge is 0.322 e. The van der Waals surface area contributed by atoms with Gasteiger partial charge < -0.3 is 10.2 Å². The van der Waals surface area contributed by atoms with Crippen molar-refractivity contribution in [1.82, 2.24) is 20.5 Å². The number of urea groups is 1. The van der Waals surface area contributed by atoms with Crippen LogP contribution in [0.3, 0.4) is 0 Å². The van der Waals surface area contributed by atoms with E-state index in [2.05, 4.69) is 31.5 Å². The summed E-state index contributed by atoms with van der Waals surface area (Å²) in [5, 5.41) is 4.89. The highest BCUT2D eigenvalue weighted by molar-refractivity contribution is 9.10. The monoisotopic (exact) mass is 352 g/mol. The van der Waals surface area contributed by atoms with Crippen LogP contribution in [0.4, 0.5) is 4.79 Å². The van der Waals surface area contributed by atoms with E-state index in [0.29, 0.717) is 29.4 Å². The first-order valence-corrected chi connectivity index (χ1v) is 7.33. The van der Waals surface area contributed by atoms with E-state index < -0.39 is 11.6 Å². The van der Waals surface area contributed by atoms with Crippen LogP contribution in [-0.2, 0) is 4.79 Å². The molecule has 1 aromatic rings. The summed E-state index contributed by atoms with van der Waals surface area (Å²) in [4.78, 5) is 41.4. The average molecular weight is 353 g/mol. The number of nitrogens with zero attached hydrogens (tertiary/aromatic N) is 2. The van der Waals surface area contributed by atoms with Crippen LogP contribution in [0.25, 0.3) is 0 Å². The van der Waals surface area contributed by atoms with Gasteiger partial charge >= 0.3 is 6.03 Å². The van der Waals surface area contributed by atoms with Gasteiger partial charge in [0.25, 0.3) is 11.8 Å². The number of aromatic nitrogens is 1. The summed E-state index contributed by atoms with van der Waals surface area (Å²) in [5.74, 6) is -0.561. The highest BCUT2D eigenvalue weighted by Gasteiger charge is 2.49. The van der Waals surface area contributed by atoms with E-state index in [1.54, 1.807) is 17.2 Å². The SMILES string of the molecule is O=C1NC(=O)[C@@]2(CCCN(C(=O)c3cncc(Br)c3)C2)N1. The number of pyridine rings is 1. The normalized spacial score (nSPS) is 24.9. The number of rotatable bonds is 1. The molecular formula is C13H13BrN4O3. The summed E-state index contributed by atoms with van der Waals surface area (Å²) in [6.45, 7) is 0.728. The molecule has 2 saturated heterocycles. The molecule has 2 fully saturated rings. The van der Waals surface area contributed by atoms with E-state index in [9.17, 15) is 14.4 Å². The van der Waals surface area contributed by atoms with Gasteiger partial charge in [0.1, 0.15) is 5.54 Å². The number of hydrogen-bond donors (Lipinski definition) is 2. The van der Waals surface area contributed by atoms with Crippen molar-refractivity contribution in [2.24, 2.45) is 0 Å². The fourth-order valence-corrected chi connectivity index (χ4v) is 3.12. The fraction of sp³-hybridized carbons (Fsp3) is 0.385. The predicted octanol–water partition coefficient (Wildman–Crippen LogP) is 0.658. The lowest BCUT2D eigenvalue weighted by atomic mass is 9.89. The zero-order valence-electron chi connectivity index (χ0n) is 11.1.